The van der Waals surface area contributed by atoms with Crippen molar-refractivity contribution in [3.8, 4) is 11.5 Å². The van der Waals surface area contributed by atoms with Crippen LogP contribution in [0.5, 0.6) is 11.5 Å². The molecule has 0 radical (unpaired) electrons. The molecule has 1 N–H and O–H groups in total. The van der Waals surface area contributed by atoms with Gasteiger partial charge in [0, 0.05) is 12.6 Å². The summed E-state index contributed by atoms with van der Waals surface area (Å²) in [5, 5.41) is 13.9. The Labute approximate surface area is 136 Å². The van der Waals surface area contributed by atoms with Crippen molar-refractivity contribution in [1.29, 1.82) is 0 Å². The van der Waals surface area contributed by atoms with Crippen molar-refractivity contribution in [1.82, 2.24) is 5.32 Å². The molecular weight excluding hydrogens is 300 g/mol. The first-order valence-corrected chi connectivity index (χ1v) is 7.82. The van der Waals surface area contributed by atoms with Gasteiger partial charge >= 0.3 is 0 Å². The summed E-state index contributed by atoms with van der Waals surface area (Å²) < 4.78 is 10.5. The van der Waals surface area contributed by atoms with Crippen LogP contribution in [0.15, 0.2) is 12.1 Å². The number of benzene rings is 1. The Morgan fingerprint density at radius 1 is 1.22 bits per heavy atom. The zero-order chi connectivity index (χ0) is 17.2. The van der Waals surface area contributed by atoms with E-state index >= 15 is 0 Å². The van der Waals surface area contributed by atoms with E-state index in [0.29, 0.717) is 18.9 Å². The number of unbranched alkanes of at least 4 members (excludes halogenated alkanes) is 3. The van der Waals surface area contributed by atoms with Crippen molar-refractivity contribution < 1.29 is 19.2 Å². The number of rotatable bonds is 10. The predicted octanol–water partition coefficient (Wildman–Crippen LogP) is 3.31. The van der Waals surface area contributed by atoms with E-state index in [1.165, 1.54) is 19.2 Å². The van der Waals surface area contributed by atoms with Gasteiger partial charge in [-0.15, -0.1) is 0 Å². The maximum Gasteiger partial charge on any atom is 0.286 e. The van der Waals surface area contributed by atoms with Gasteiger partial charge in [-0.1, -0.05) is 26.2 Å². The van der Waals surface area contributed by atoms with Crippen molar-refractivity contribution in [2.45, 2.75) is 39.5 Å². The summed E-state index contributed by atoms with van der Waals surface area (Å²) in [6.45, 7) is 4.71. The summed E-state index contributed by atoms with van der Waals surface area (Å²) in [5.41, 5.74) is -0.314. The summed E-state index contributed by atoms with van der Waals surface area (Å²) in [6, 6.07) is 2.58. The second-order valence-electron chi connectivity index (χ2n) is 5.03. The fourth-order valence-electron chi connectivity index (χ4n) is 2.16. The van der Waals surface area contributed by atoms with E-state index in [1.807, 2.05) is 0 Å². The number of nitro benzene ring substituents is 1. The van der Waals surface area contributed by atoms with Crippen molar-refractivity contribution in [3.05, 3.63) is 27.8 Å². The van der Waals surface area contributed by atoms with Crippen LogP contribution in [0.4, 0.5) is 5.69 Å². The third kappa shape index (κ3) is 5.43. The van der Waals surface area contributed by atoms with E-state index in [1.54, 1.807) is 6.92 Å². The van der Waals surface area contributed by atoms with Crippen LogP contribution in [0, 0.1) is 10.1 Å². The molecule has 0 atom stereocenters. The Morgan fingerprint density at radius 3 is 2.52 bits per heavy atom. The molecule has 7 heteroatoms. The molecule has 0 fully saturated rings. The summed E-state index contributed by atoms with van der Waals surface area (Å²) in [7, 11) is 1.43. The molecule has 0 unspecified atom stereocenters. The molecule has 23 heavy (non-hydrogen) atoms. The second kappa shape index (κ2) is 9.66. The molecule has 0 aliphatic carbocycles. The lowest BCUT2D eigenvalue weighted by atomic mass is 10.1. The first kappa shape index (κ1) is 18.7. The first-order chi connectivity index (χ1) is 11.0. The number of methoxy groups -OCH3 is 1. The summed E-state index contributed by atoms with van der Waals surface area (Å²) in [6.07, 6.45) is 4.08. The van der Waals surface area contributed by atoms with Crippen LogP contribution in [0.2, 0.25) is 0 Å². The van der Waals surface area contributed by atoms with Gasteiger partial charge in [0.15, 0.2) is 11.5 Å². The fraction of sp³-hybridized carbons (Fsp3) is 0.562. The molecule has 0 aliphatic rings. The zero-order valence-corrected chi connectivity index (χ0v) is 13.9. The van der Waals surface area contributed by atoms with Gasteiger partial charge < -0.3 is 14.8 Å². The van der Waals surface area contributed by atoms with Crippen molar-refractivity contribution >= 4 is 11.6 Å². The number of ether oxygens (including phenoxy) is 2. The molecule has 1 aromatic carbocycles. The molecule has 128 valence electrons. The zero-order valence-electron chi connectivity index (χ0n) is 13.9. The SMILES string of the molecule is CCCCCCNC(=O)c1cc(OC)c(OCC)cc1[N+](=O)[O-]. The smallest absolute Gasteiger partial charge is 0.286 e. The average Bonchev–Trinajstić information content (AvgIpc) is 2.54. The predicted molar refractivity (Wildman–Crippen MR) is 87.3 cm³/mol. The highest BCUT2D eigenvalue weighted by molar-refractivity contribution is 5.99. The van der Waals surface area contributed by atoms with Gasteiger partial charge in [-0.25, -0.2) is 0 Å². The molecular formula is C16H24N2O5. The number of nitro groups is 1. The molecule has 0 heterocycles. The second-order valence-corrected chi connectivity index (χ2v) is 5.03. The van der Waals surface area contributed by atoms with E-state index < -0.39 is 10.8 Å². The Morgan fingerprint density at radius 2 is 1.96 bits per heavy atom. The molecule has 0 aliphatic heterocycles. The van der Waals surface area contributed by atoms with Crippen LogP contribution in [-0.2, 0) is 0 Å². The molecule has 7 nitrogen and oxygen atoms in total. The first-order valence-electron chi connectivity index (χ1n) is 7.82. The van der Waals surface area contributed by atoms with Crippen LogP contribution in [0.3, 0.4) is 0 Å². The number of nitrogens with one attached hydrogen (secondary N) is 1. The van der Waals surface area contributed by atoms with Crippen molar-refractivity contribution in [2.75, 3.05) is 20.3 Å². The van der Waals surface area contributed by atoms with E-state index in [0.717, 1.165) is 25.7 Å². The van der Waals surface area contributed by atoms with E-state index in [2.05, 4.69) is 12.2 Å². The van der Waals surface area contributed by atoms with Crippen molar-refractivity contribution in [3.63, 3.8) is 0 Å². The van der Waals surface area contributed by atoms with Crippen LogP contribution in [0.25, 0.3) is 0 Å². The number of carbonyl (C=O) groups is 1. The largest absolute Gasteiger partial charge is 0.493 e. The minimum absolute atomic E-state index is 0.0224. The third-order valence-electron chi connectivity index (χ3n) is 3.34. The minimum atomic E-state index is -0.589. The van der Waals surface area contributed by atoms with Crippen LogP contribution >= 0.6 is 0 Å². The van der Waals surface area contributed by atoms with E-state index in [-0.39, 0.29) is 17.0 Å². The molecule has 1 aromatic rings. The Balaban J connectivity index is 2.94. The molecule has 0 spiro atoms. The highest BCUT2D eigenvalue weighted by Gasteiger charge is 2.24. The van der Waals surface area contributed by atoms with Crippen LogP contribution in [0.1, 0.15) is 49.9 Å². The van der Waals surface area contributed by atoms with Gasteiger partial charge in [0.1, 0.15) is 5.56 Å². The van der Waals surface area contributed by atoms with Crippen LogP contribution < -0.4 is 14.8 Å². The standard InChI is InChI=1S/C16H24N2O5/c1-4-6-7-8-9-17-16(19)12-10-14(22-3)15(23-5-2)11-13(12)18(20)21/h10-11H,4-9H2,1-3H3,(H,17,19). The fourth-order valence-corrected chi connectivity index (χ4v) is 2.16. The van der Waals surface area contributed by atoms with Crippen LogP contribution in [-0.4, -0.2) is 31.1 Å². The molecule has 0 saturated heterocycles. The lowest BCUT2D eigenvalue weighted by molar-refractivity contribution is -0.385. The lowest BCUT2D eigenvalue weighted by Crippen LogP contribution is -2.25. The highest BCUT2D eigenvalue weighted by atomic mass is 16.6. The molecule has 0 bridgehead atoms. The van der Waals surface area contributed by atoms with E-state index in [9.17, 15) is 14.9 Å². The normalized spacial score (nSPS) is 10.2. The molecule has 0 aromatic heterocycles. The maximum absolute atomic E-state index is 12.2. The summed E-state index contributed by atoms with van der Waals surface area (Å²) in [4.78, 5) is 22.9. The van der Waals surface area contributed by atoms with Gasteiger partial charge in [0.05, 0.1) is 24.7 Å². The minimum Gasteiger partial charge on any atom is -0.493 e. The monoisotopic (exact) mass is 324 g/mol. The molecule has 0 saturated carbocycles. The van der Waals surface area contributed by atoms with Gasteiger partial charge in [0.2, 0.25) is 0 Å². The number of nitrogens with zero attached hydrogens (tertiary/aromatic N) is 1. The maximum atomic E-state index is 12.2. The van der Waals surface area contributed by atoms with Gasteiger partial charge in [0.25, 0.3) is 11.6 Å². The number of hydrogen-bond donors (Lipinski definition) is 1. The van der Waals surface area contributed by atoms with Crippen molar-refractivity contribution in [2.24, 2.45) is 0 Å². The van der Waals surface area contributed by atoms with Gasteiger partial charge in [-0.05, 0) is 13.3 Å². The topological polar surface area (TPSA) is 90.7 Å². The quantitative estimate of drug-likeness (QED) is 0.405. The average molecular weight is 324 g/mol. The summed E-state index contributed by atoms with van der Waals surface area (Å²) >= 11 is 0. The number of amides is 1. The summed E-state index contributed by atoms with van der Waals surface area (Å²) in [5.74, 6) is 0.0734. The molecule has 1 amide bonds. The van der Waals surface area contributed by atoms with E-state index in [4.69, 9.17) is 9.47 Å². The third-order valence-corrected chi connectivity index (χ3v) is 3.34. The lowest BCUT2D eigenvalue weighted by Gasteiger charge is -2.12. The number of carbonyl (C=O) groups excluding carboxylic acids is 1. The number of hydrogen-bond acceptors (Lipinski definition) is 5. The molecule has 1 rings (SSSR count). The Hall–Kier alpha value is -2.31. The highest BCUT2D eigenvalue weighted by Crippen LogP contribution is 2.34. The van der Waals surface area contributed by atoms with Gasteiger partial charge in [-0.2, -0.15) is 0 Å². The Bertz CT molecular complexity index is 546. The van der Waals surface area contributed by atoms with Gasteiger partial charge in [-0.3, -0.25) is 14.9 Å². The Kier molecular flexibility index (Phi) is 7.87.